The average Bonchev–Trinajstić information content (AvgIpc) is 2.38. The van der Waals surface area contributed by atoms with Crippen LogP contribution in [0.3, 0.4) is 0 Å². The van der Waals surface area contributed by atoms with Crippen LogP contribution in [0.25, 0.3) is 0 Å². The summed E-state index contributed by atoms with van der Waals surface area (Å²) in [4.78, 5) is 13.0. The Morgan fingerprint density at radius 3 is 2.74 bits per heavy atom. The van der Waals surface area contributed by atoms with Crippen molar-refractivity contribution in [3.8, 4) is 0 Å². The van der Waals surface area contributed by atoms with E-state index in [0.29, 0.717) is 13.2 Å². The third-order valence-corrected chi connectivity index (χ3v) is 2.94. The number of nitrogens with zero attached hydrogens (tertiary/aromatic N) is 1. The van der Waals surface area contributed by atoms with Crippen LogP contribution in [0.2, 0.25) is 0 Å². The van der Waals surface area contributed by atoms with Gasteiger partial charge in [0.15, 0.2) is 0 Å². The summed E-state index contributed by atoms with van der Waals surface area (Å²) in [6, 6.07) is 8.29. The first-order valence-corrected chi connectivity index (χ1v) is 6.68. The summed E-state index contributed by atoms with van der Waals surface area (Å²) in [6.07, 6.45) is 0. The number of rotatable bonds is 7. The van der Waals surface area contributed by atoms with Crippen LogP contribution in [-0.2, 0) is 16.1 Å². The molecule has 19 heavy (non-hydrogen) atoms. The maximum absolute atomic E-state index is 11.3. The van der Waals surface area contributed by atoms with E-state index in [0.717, 1.165) is 17.9 Å². The standard InChI is InChI=1S/C15H24N2O2/c1-5-19-11-12(2)16-15-9-7-6-8-14(15)10-17(4)13(3)18/h6-9,12,16H,5,10-11H2,1-4H3. The van der Waals surface area contributed by atoms with E-state index < -0.39 is 0 Å². The van der Waals surface area contributed by atoms with E-state index in [1.54, 1.807) is 11.8 Å². The van der Waals surface area contributed by atoms with Gasteiger partial charge in [-0.1, -0.05) is 18.2 Å². The van der Waals surface area contributed by atoms with E-state index in [4.69, 9.17) is 4.74 Å². The number of carbonyl (C=O) groups excluding carboxylic acids is 1. The van der Waals surface area contributed by atoms with Gasteiger partial charge in [-0.3, -0.25) is 4.79 Å². The van der Waals surface area contributed by atoms with Crippen molar-refractivity contribution in [2.45, 2.75) is 33.4 Å². The fraction of sp³-hybridized carbons (Fsp3) is 0.533. The van der Waals surface area contributed by atoms with Gasteiger partial charge in [0.25, 0.3) is 0 Å². The zero-order valence-corrected chi connectivity index (χ0v) is 12.3. The largest absolute Gasteiger partial charge is 0.380 e. The lowest BCUT2D eigenvalue weighted by atomic mass is 10.1. The molecule has 4 heteroatoms. The molecule has 0 aliphatic carbocycles. The molecule has 0 saturated carbocycles. The highest BCUT2D eigenvalue weighted by atomic mass is 16.5. The number of hydrogen-bond acceptors (Lipinski definition) is 3. The number of benzene rings is 1. The van der Waals surface area contributed by atoms with Gasteiger partial charge < -0.3 is 15.0 Å². The van der Waals surface area contributed by atoms with Crippen LogP contribution >= 0.6 is 0 Å². The van der Waals surface area contributed by atoms with Crippen molar-refractivity contribution in [2.24, 2.45) is 0 Å². The molecule has 1 atom stereocenters. The van der Waals surface area contributed by atoms with Gasteiger partial charge in [-0.15, -0.1) is 0 Å². The maximum Gasteiger partial charge on any atom is 0.219 e. The van der Waals surface area contributed by atoms with Crippen molar-refractivity contribution < 1.29 is 9.53 Å². The van der Waals surface area contributed by atoms with Gasteiger partial charge in [0.1, 0.15) is 0 Å². The molecule has 0 aliphatic heterocycles. The minimum absolute atomic E-state index is 0.0668. The topological polar surface area (TPSA) is 41.6 Å². The van der Waals surface area contributed by atoms with E-state index in [9.17, 15) is 4.79 Å². The fourth-order valence-corrected chi connectivity index (χ4v) is 1.77. The summed E-state index contributed by atoms with van der Waals surface area (Å²) in [7, 11) is 1.81. The molecule has 0 aliphatic rings. The third kappa shape index (κ3) is 5.30. The predicted octanol–water partition coefficient (Wildman–Crippen LogP) is 2.50. The summed E-state index contributed by atoms with van der Waals surface area (Å²) in [5.41, 5.74) is 2.17. The molecule has 0 heterocycles. The van der Waals surface area contributed by atoms with E-state index in [1.807, 2.05) is 38.2 Å². The molecule has 1 unspecified atom stereocenters. The smallest absolute Gasteiger partial charge is 0.219 e. The Morgan fingerprint density at radius 1 is 1.42 bits per heavy atom. The highest BCUT2D eigenvalue weighted by Gasteiger charge is 2.09. The lowest BCUT2D eigenvalue weighted by molar-refractivity contribution is -0.128. The van der Waals surface area contributed by atoms with Crippen molar-refractivity contribution >= 4 is 11.6 Å². The van der Waals surface area contributed by atoms with E-state index in [1.165, 1.54) is 0 Å². The first kappa shape index (κ1) is 15.5. The molecule has 1 N–H and O–H groups in total. The highest BCUT2D eigenvalue weighted by Crippen LogP contribution is 2.17. The second-order valence-corrected chi connectivity index (χ2v) is 4.74. The summed E-state index contributed by atoms with van der Waals surface area (Å²) >= 11 is 0. The van der Waals surface area contributed by atoms with E-state index in [-0.39, 0.29) is 11.9 Å². The van der Waals surface area contributed by atoms with Gasteiger partial charge in [0.2, 0.25) is 5.91 Å². The van der Waals surface area contributed by atoms with E-state index >= 15 is 0 Å². The molecule has 1 amide bonds. The third-order valence-electron chi connectivity index (χ3n) is 2.94. The fourth-order valence-electron chi connectivity index (χ4n) is 1.77. The molecule has 0 spiro atoms. The number of para-hydroxylation sites is 1. The van der Waals surface area contributed by atoms with Crippen molar-refractivity contribution in [1.82, 2.24) is 4.90 Å². The number of carbonyl (C=O) groups is 1. The van der Waals surface area contributed by atoms with Crippen molar-refractivity contribution in [2.75, 3.05) is 25.6 Å². The quantitative estimate of drug-likeness (QED) is 0.822. The van der Waals surface area contributed by atoms with Gasteiger partial charge in [-0.25, -0.2) is 0 Å². The first-order valence-electron chi connectivity index (χ1n) is 6.68. The van der Waals surface area contributed by atoms with Crippen LogP contribution < -0.4 is 5.32 Å². The molecular formula is C15H24N2O2. The minimum atomic E-state index is 0.0668. The van der Waals surface area contributed by atoms with Gasteiger partial charge in [0, 0.05) is 38.9 Å². The Kier molecular flexibility index (Phi) is 6.36. The predicted molar refractivity (Wildman–Crippen MR) is 78.2 cm³/mol. The number of ether oxygens (including phenoxy) is 1. The molecule has 4 nitrogen and oxygen atoms in total. The van der Waals surface area contributed by atoms with E-state index in [2.05, 4.69) is 12.2 Å². The van der Waals surface area contributed by atoms with Crippen LogP contribution in [0.5, 0.6) is 0 Å². The minimum Gasteiger partial charge on any atom is -0.380 e. The van der Waals surface area contributed by atoms with Crippen LogP contribution in [0.4, 0.5) is 5.69 Å². The van der Waals surface area contributed by atoms with Gasteiger partial charge in [-0.05, 0) is 25.5 Å². The number of hydrogen-bond donors (Lipinski definition) is 1. The lowest BCUT2D eigenvalue weighted by Gasteiger charge is -2.21. The molecule has 106 valence electrons. The molecule has 0 saturated heterocycles. The molecule has 0 fully saturated rings. The molecule has 0 bridgehead atoms. The second-order valence-electron chi connectivity index (χ2n) is 4.74. The normalized spacial score (nSPS) is 12.0. The van der Waals surface area contributed by atoms with Crippen molar-refractivity contribution in [3.05, 3.63) is 29.8 Å². The zero-order chi connectivity index (χ0) is 14.3. The summed E-state index contributed by atoms with van der Waals surface area (Å²) in [6.45, 7) is 7.66. The molecule has 1 aromatic rings. The number of nitrogens with one attached hydrogen (secondary N) is 1. The Morgan fingerprint density at radius 2 is 2.11 bits per heavy atom. The molecular weight excluding hydrogens is 240 g/mol. The molecule has 1 aromatic carbocycles. The molecule has 0 radical (unpaired) electrons. The van der Waals surface area contributed by atoms with Gasteiger partial charge in [-0.2, -0.15) is 0 Å². The zero-order valence-electron chi connectivity index (χ0n) is 12.3. The molecule has 0 aromatic heterocycles. The van der Waals surface area contributed by atoms with Crippen molar-refractivity contribution in [1.29, 1.82) is 0 Å². The first-order chi connectivity index (χ1) is 9.04. The van der Waals surface area contributed by atoms with Crippen LogP contribution in [0.1, 0.15) is 26.3 Å². The Bertz CT molecular complexity index is 407. The van der Waals surface area contributed by atoms with Crippen LogP contribution in [0.15, 0.2) is 24.3 Å². The Hall–Kier alpha value is -1.55. The van der Waals surface area contributed by atoms with Gasteiger partial charge in [0.05, 0.1) is 6.61 Å². The Labute approximate surface area is 115 Å². The number of anilines is 1. The monoisotopic (exact) mass is 264 g/mol. The van der Waals surface area contributed by atoms with Gasteiger partial charge >= 0.3 is 0 Å². The summed E-state index contributed by atoms with van der Waals surface area (Å²) in [5, 5.41) is 3.43. The average molecular weight is 264 g/mol. The van der Waals surface area contributed by atoms with Crippen LogP contribution in [-0.4, -0.2) is 37.1 Å². The second kappa shape index (κ2) is 7.79. The summed E-state index contributed by atoms with van der Waals surface area (Å²) < 4.78 is 5.40. The Balaban J connectivity index is 2.70. The SMILES string of the molecule is CCOCC(C)Nc1ccccc1CN(C)C(C)=O. The highest BCUT2D eigenvalue weighted by molar-refractivity contribution is 5.73. The number of amides is 1. The lowest BCUT2D eigenvalue weighted by Crippen LogP contribution is -2.26. The van der Waals surface area contributed by atoms with Crippen molar-refractivity contribution in [3.63, 3.8) is 0 Å². The van der Waals surface area contributed by atoms with Crippen LogP contribution in [0, 0.1) is 0 Å². The summed E-state index contributed by atoms with van der Waals surface area (Å²) in [5.74, 6) is 0.0668. The maximum atomic E-state index is 11.3. The molecule has 1 rings (SSSR count).